The van der Waals surface area contributed by atoms with Crippen LogP contribution in [0.4, 0.5) is 0 Å². The van der Waals surface area contributed by atoms with Gasteiger partial charge in [0.1, 0.15) is 17.0 Å². The lowest BCUT2D eigenvalue weighted by Crippen LogP contribution is -2.04. The van der Waals surface area contributed by atoms with Gasteiger partial charge in [-0.1, -0.05) is 5.16 Å². The van der Waals surface area contributed by atoms with Gasteiger partial charge in [0.2, 0.25) is 5.82 Å². The normalized spacial score (nSPS) is 22.1. The number of rotatable bonds is 6. The van der Waals surface area contributed by atoms with Crippen molar-refractivity contribution in [3.63, 3.8) is 0 Å². The monoisotopic (exact) mass is 313 g/mol. The molecule has 120 valence electrons. The summed E-state index contributed by atoms with van der Waals surface area (Å²) in [5.74, 6) is 2.90. The molecule has 0 amide bonds. The average molecular weight is 313 g/mol. The number of pyridine rings is 1. The summed E-state index contributed by atoms with van der Waals surface area (Å²) in [6, 6.07) is 1.92. The van der Waals surface area contributed by atoms with Crippen LogP contribution in [-0.4, -0.2) is 26.8 Å². The third-order valence-electron chi connectivity index (χ3n) is 4.86. The Morgan fingerprint density at radius 1 is 1.26 bits per heavy atom. The van der Waals surface area contributed by atoms with Gasteiger partial charge in [0.15, 0.2) is 0 Å². The molecule has 1 N–H and O–H groups in total. The Balaban J connectivity index is 1.44. The van der Waals surface area contributed by atoms with Crippen LogP contribution < -0.4 is 4.74 Å². The Morgan fingerprint density at radius 2 is 2.09 bits per heavy atom. The molecule has 0 unspecified atom stereocenters. The maximum Gasteiger partial charge on any atom is 0.258 e. The van der Waals surface area contributed by atoms with E-state index >= 15 is 0 Å². The van der Waals surface area contributed by atoms with Crippen LogP contribution in [0.2, 0.25) is 0 Å². The average Bonchev–Trinajstić information content (AvgIpc) is 3.43. The molecule has 6 heteroatoms. The Bertz CT molecular complexity index is 745. The van der Waals surface area contributed by atoms with Gasteiger partial charge in [-0.15, -0.1) is 0 Å². The number of ether oxygens (including phenoxy) is 1. The van der Waals surface area contributed by atoms with Crippen molar-refractivity contribution in [3.05, 3.63) is 23.7 Å². The van der Waals surface area contributed by atoms with Gasteiger partial charge in [0.05, 0.1) is 6.61 Å². The minimum Gasteiger partial charge on any atom is -0.493 e. The van der Waals surface area contributed by atoms with Crippen molar-refractivity contribution in [2.45, 2.75) is 50.0 Å². The second-order valence-corrected chi connectivity index (χ2v) is 7.09. The van der Waals surface area contributed by atoms with Crippen LogP contribution in [0.1, 0.15) is 55.9 Å². The van der Waals surface area contributed by atoms with Crippen LogP contribution in [0.25, 0.3) is 11.5 Å². The number of aromatic nitrogens is 3. The summed E-state index contributed by atoms with van der Waals surface area (Å²) in [6.07, 6.45) is 8.20. The summed E-state index contributed by atoms with van der Waals surface area (Å²) in [6.45, 7) is 0.778. The number of hydrogen-bond acceptors (Lipinski definition) is 6. The van der Waals surface area contributed by atoms with E-state index < -0.39 is 5.60 Å². The van der Waals surface area contributed by atoms with Crippen molar-refractivity contribution in [2.24, 2.45) is 5.92 Å². The molecular weight excluding hydrogens is 294 g/mol. The molecule has 23 heavy (non-hydrogen) atoms. The summed E-state index contributed by atoms with van der Waals surface area (Å²) >= 11 is 0. The van der Waals surface area contributed by atoms with Crippen LogP contribution in [0.5, 0.6) is 5.75 Å². The fourth-order valence-corrected chi connectivity index (χ4v) is 2.74. The van der Waals surface area contributed by atoms with Crippen molar-refractivity contribution >= 4 is 0 Å². The van der Waals surface area contributed by atoms with Crippen molar-refractivity contribution in [1.82, 2.24) is 15.1 Å². The molecular formula is C17H19N3O3. The predicted molar refractivity (Wildman–Crippen MR) is 80.9 cm³/mol. The lowest BCUT2D eigenvalue weighted by atomic mass is 10.1. The lowest BCUT2D eigenvalue weighted by molar-refractivity contribution is 0.108. The van der Waals surface area contributed by atoms with E-state index in [1.807, 2.05) is 12.3 Å². The highest BCUT2D eigenvalue weighted by Gasteiger charge is 2.47. The Kier molecular flexibility index (Phi) is 2.80. The standard InChI is InChI=1S/C17H19N3O3/c21-17(5-6-17)16-19-15(20-23-16)13-7-14(22-9-10-1-2-10)12(8-18-13)11-3-4-11/h7-8,10-11,21H,1-6,9H2. The first-order chi connectivity index (χ1) is 11.2. The Labute approximate surface area is 133 Å². The summed E-state index contributed by atoms with van der Waals surface area (Å²) in [5.41, 5.74) is 0.920. The van der Waals surface area contributed by atoms with Gasteiger partial charge in [-0.25, -0.2) is 0 Å². The highest BCUT2D eigenvalue weighted by atomic mass is 16.5. The van der Waals surface area contributed by atoms with Crippen molar-refractivity contribution < 1.29 is 14.4 Å². The number of hydrogen-bond donors (Lipinski definition) is 1. The molecule has 0 aromatic carbocycles. The molecule has 0 bridgehead atoms. The number of nitrogens with zero attached hydrogens (tertiary/aromatic N) is 3. The fourth-order valence-electron chi connectivity index (χ4n) is 2.74. The minimum atomic E-state index is -0.912. The number of aliphatic hydroxyl groups is 1. The van der Waals surface area contributed by atoms with E-state index in [1.165, 1.54) is 31.2 Å². The maximum atomic E-state index is 10.1. The van der Waals surface area contributed by atoms with E-state index in [-0.39, 0.29) is 0 Å². The first-order valence-corrected chi connectivity index (χ1v) is 8.41. The van der Waals surface area contributed by atoms with Gasteiger partial charge in [-0.05, 0) is 50.4 Å². The topological polar surface area (TPSA) is 81.3 Å². The van der Waals surface area contributed by atoms with E-state index in [4.69, 9.17) is 9.26 Å². The Morgan fingerprint density at radius 3 is 2.78 bits per heavy atom. The largest absolute Gasteiger partial charge is 0.493 e. The summed E-state index contributed by atoms with van der Waals surface area (Å²) in [5, 5.41) is 14.0. The molecule has 2 aromatic rings. The first-order valence-electron chi connectivity index (χ1n) is 8.41. The second kappa shape index (κ2) is 4.77. The predicted octanol–water partition coefficient (Wildman–Crippen LogP) is 2.78. The molecule has 2 aromatic heterocycles. The lowest BCUT2D eigenvalue weighted by Gasteiger charge is -2.11. The zero-order valence-corrected chi connectivity index (χ0v) is 12.9. The molecule has 0 aliphatic heterocycles. The van der Waals surface area contributed by atoms with Crippen molar-refractivity contribution in [3.8, 4) is 17.3 Å². The molecule has 3 fully saturated rings. The van der Waals surface area contributed by atoms with Crippen LogP contribution in [0.3, 0.4) is 0 Å². The van der Waals surface area contributed by atoms with E-state index in [1.54, 1.807) is 0 Å². The Hall–Kier alpha value is -1.95. The molecule has 0 atom stereocenters. The molecule has 3 aliphatic rings. The fraction of sp³-hybridized carbons (Fsp3) is 0.588. The molecule has 5 rings (SSSR count). The van der Waals surface area contributed by atoms with Gasteiger partial charge >= 0.3 is 0 Å². The van der Waals surface area contributed by atoms with Gasteiger partial charge in [-0.3, -0.25) is 4.98 Å². The molecule has 3 saturated carbocycles. The zero-order chi connectivity index (χ0) is 15.4. The highest BCUT2D eigenvalue weighted by molar-refractivity contribution is 5.54. The minimum absolute atomic E-state index is 0.293. The van der Waals surface area contributed by atoms with Gasteiger partial charge in [0, 0.05) is 17.8 Å². The van der Waals surface area contributed by atoms with Gasteiger partial charge in [0.25, 0.3) is 5.89 Å². The summed E-state index contributed by atoms with van der Waals surface area (Å²) < 4.78 is 11.2. The molecule has 2 heterocycles. The molecule has 0 saturated heterocycles. The molecule has 3 aliphatic carbocycles. The van der Waals surface area contributed by atoms with Crippen LogP contribution in [0, 0.1) is 5.92 Å². The van der Waals surface area contributed by atoms with Crippen LogP contribution in [0.15, 0.2) is 16.8 Å². The highest BCUT2D eigenvalue weighted by Crippen LogP contribution is 2.46. The molecule has 0 radical (unpaired) electrons. The smallest absolute Gasteiger partial charge is 0.258 e. The zero-order valence-electron chi connectivity index (χ0n) is 12.9. The SMILES string of the molecule is OC1(c2nc(-c3cc(OCC4CC4)c(C4CC4)cn3)no2)CC1. The first kappa shape index (κ1) is 13.5. The quantitative estimate of drug-likeness (QED) is 0.883. The second-order valence-electron chi connectivity index (χ2n) is 7.09. The van der Waals surface area contributed by atoms with Gasteiger partial charge in [-0.2, -0.15) is 4.98 Å². The third kappa shape index (κ3) is 2.61. The van der Waals surface area contributed by atoms with Crippen LogP contribution in [-0.2, 0) is 5.60 Å². The maximum absolute atomic E-state index is 10.1. The van der Waals surface area contributed by atoms with E-state index in [0.29, 0.717) is 42.1 Å². The third-order valence-corrected chi connectivity index (χ3v) is 4.86. The summed E-state index contributed by atoms with van der Waals surface area (Å²) in [4.78, 5) is 8.79. The van der Waals surface area contributed by atoms with Crippen molar-refractivity contribution in [2.75, 3.05) is 6.61 Å². The van der Waals surface area contributed by atoms with Crippen LogP contribution >= 0.6 is 0 Å². The molecule has 0 spiro atoms. The van der Waals surface area contributed by atoms with E-state index in [9.17, 15) is 5.11 Å². The van der Waals surface area contributed by atoms with E-state index in [2.05, 4.69) is 15.1 Å². The van der Waals surface area contributed by atoms with Gasteiger partial charge < -0.3 is 14.4 Å². The van der Waals surface area contributed by atoms with E-state index in [0.717, 1.165) is 12.4 Å². The van der Waals surface area contributed by atoms with Crippen molar-refractivity contribution in [1.29, 1.82) is 0 Å². The molecule has 6 nitrogen and oxygen atoms in total. The summed E-state index contributed by atoms with van der Waals surface area (Å²) in [7, 11) is 0.